The van der Waals surface area contributed by atoms with Crippen LogP contribution in [0.3, 0.4) is 0 Å². The second kappa shape index (κ2) is 20.9. The summed E-state index contributed by atoms with van der Waals surface area (Å²) in [5, 5.41) is 35.0. The SMILES string of the molecule is CC[C@@H](C(=O)[C@@H](C)[C@@H](O)[C@H](C)[C@@H]1O[C@@H]([C@@H](CC)C(=O)[O-])CC[C@@H]1C)[C@H]1O[C@]2(C=C[C@@H](OC(=O)C3CCCCC3)[C@]3(CC[C@@](C)([C@H]4CC[C@](O)(CC)[C@H](C)O4)O3)O2)[C@H](C)C[C@@H]1C.[Na+]. The summed E-state index contributed by atoms with van der Waals surface area (Å²) in [6.07, 6.45) is 10.2. The van der Waals surface area contributed by atoms with Gasteiger partial charge in [0.15, 0.2) is 11.9 Å². The number of aliphatic hydroxyl groups is 2. The molecule has 0 aromatic rings. The fraction of sp³-hybridized carbons (Fsp3) is 0.898. The van der Waals surface area contributed by atoms with E-state index in [0.717, 1.165) is 38.5 Å². The number of esters is 1. The van der Waals surface area contributed by atoms with Gasteiger partial charge < -0.3 is 48.5 Å². The number of aliphatic hydroxyl groups excluding tert-OH is 1. The van der Waals surface area contributed by atoms with E-state index >= 15 is 0 Å². The number of hydrogen-bond donors (Lipinski definition) is 2. The van der Waals surface area contributed by atoms with E-state index in [4.69, 9.17) is 28.4 Å². The average molecular weight is 883 g/mol. The number of carbonyl (C=O) groups excluding carboxylic acids is 3. The molecule has 0 bridgehead atoms. The molecule has 6 rings (SSSR count). The maximum atomic E-state index is 14.7. The van der Waals surface area contributed by atoms with Crippen molar-refractivity contribution in [2.75, 3.05) is 0 Å². The van der Waals surface area contributed by atoms with Crippen LogP contribution < -0.4 is 34.7 Å². The molecule has 0 unspecified atom stereocenters. The van der Waals surface area contributed by atoms with E-state index in [0.29, 0.717) is 57.8 Å². The van der Waals surface area contributed by atoms with Gasteiger partial charge in [0.2, 0.25) is 5.79 Å². The molecule has 12 nitrogen and oxygen atoms in total. The summed E-state index contributed by atoms with van der Waals surface area (Å²) < 4.78 is 40.9. The Hall–Kier alpha value is -0.930. The second-order valence-corrected chi connectivity index (χ2v) is 20.6. The van der Waals surface area contributed by atoms with E-state index < -0.39 is 82.9 Å². The Balaban J connectivity index is 0.00000726. The Morgan fingerprint density at radius 2 is 1.53 bits per heavy atom. The zero-order valence-corrected chi connectivity index (χ0v) is 41.9. The Kier molecular flexibility index (Phi) is 17.6. The van der Waals surface area contributed by atoms with Crippen LogP contribution in [0.1, 0.15) is 166 Å². The van der Waals surface area contributed by atoms with Crippen LogP contribution in [0.25, 0.3) is 0 Å². The van der Waals surface area contributed by atoms with Gasteiger partial charge in [-0.1, -0.05) is 74.7 Å². The number of carboxylic acid groups (broad SMARTS) is 1. The summed E-state index contributed by atoms with van der Waals surface area (Å²) in [5.41, 5.74) is -1.71. The smallest absolute Gasteiger partial charge is 0.550 e. The van der Waals surface area contributed by atoms with Gasteiger partial charge >= 0.3 is 35.5 Å². The Bertz CT molecular complexity index is 1570. The van der Waals surface area contributed by atoms with Gasteiger partial charge in [0.05, 0.1) is 53.7 Å². The van der Waals surface area contributed by atoms with Crippen molar-refractivity contribution in [2.45, 2.75) is 231 Å². The first kappa shape index (κ1) is 52.0. The summed E-state index contributed by atoms with van der Waals surface area (Å²) in [6.45, 7) is 19.6. The number of carboxylic acids is 1. The largest absolute Gasteiger partial charge is 1.00 e. The first-order valence-electron chi connectivity index (χ1n) is 24.2. The molecule has 5 aliphatic heterocycles. The van der Waals surface area contributed by atoms with Crippen LogP contribution in [0.15, 0.2) is 12.2 Å². The Labute approximate surface area is 393 Å². The molecule has 2 spiro atoms. The number of aliphatic carboxylic acids is 1. The van der Waals surface area contributed by atoms with E-state index in [1.165, 1.54) is 0 Å². The molecule has 6 aliphatic rings. The molecule has 0 amide bonds. The summed E-state index contributed by atoms with van der Waals surface area (Å²) in [7, 11) is 0. The maximum Gasteiger partial charge on any atom is 1.00 e. The van der Waals surface area contributed by atoms with Crippen LogP contribution in [0.5, 0.6) is 0 Å². The van der Waals surface area contributed by atoms with Crippen LogP contribution in [0.2, 0.25) is 0 Å². The minimum atomic E-state index is -1.38. The van der Waals surface area contributed by atoms with Crippen molar-refractivity contribution in [2.24, 2.45) is 47.3 Å². The zero-order valence-electron chi connectivity index (χ0n) is 39.9. The normalized spacial score (nSPS) is 42.7. The molecule has 348 valence electrons. The van der Waals surface area contributed by atoms with Gasteiger partial charge in [-0.25, -0.2) is 0 Å². The molecule has 5 heterocycles. The minimum absolute atomic E-state index is 0. The topological polar surface area (TPSA) is 170 Å². The molecule has 0 aromatic heterocycles. The second-order valence-electron chi connectivity index (χ2n) is 20.6. The molecular formula is C49H79NaO12. The van der Waals surface area contributed by atoms with E-state index in [9.17, 15) is 29.7 Å². The summed E-state index contributed by atoms with van der Waals surface area (Å²) in [5.74, 6) is -6.87. The molecular weight excluding hydrogens is 804 g/mol. The number of carbonyl (C=O) groups is 3. The number of rotatable bonds is 14. The molecule has 0 aromatic carbocycles. The molecule has 4 saturated heterocycles. The van der Waals surface area contributed by atoms with Crippen LogP contribution >= 0.6 is 0 Å². The number of hydrogen-bond acceptors (Lipinski definition) is 12. The minimum Gasteiger partial charge on any atom is -0.550 e. The number of Topliss-reactive ketones (excluding diaryl/α,β-unsaturated/α-hetero) is 1. The third-order valence-corrected chi connectivity index (χ3v) is 16.6. The van der Waals surface area contributed by atoms with Gasteiger partial charge in [0, 0.05) is 42.0 Å². The van der Waals surface area contributed by atoms with Gasteiger partial charge in [-0.3, -0.25) is 9.59 Å². The molecule has 5 fully saturated rings. The fourth-order valence-electron chi connectivity index (χ4n) is 12.1. The van der Waals surface area contributed by atoms with E-state index in [1.54, 1.807) is 6.92 Å². The van der Waals surface area contributed by atoms with Gasteiger partial charge in [-0.2, -0.15) is 0 Å². The molecule has 18 atom stereocenters. The maximum absolute atomic E-state index is 14.7. The zero-order chi connectivity index (χ0) is 44.7. The Morgan fingerprint density at radius 1 is 0.855 bits per heavy atom. The van der Waals surface area contributed by atoms with Gasteiger partial charge in [0.1, 0.15) is 5.78 Å². The number of ether oxygens (including phenoxy) is 6. The molecule has 2 N–H and O–H groups in total. The molecule has 62 heavy (non-hydrogen) atoms. The Morgan fingerprint density at radius 3 is 2.15 bits per heavy atom. The molecule has 1 aliphatic carbocycles. The summed E-state index contributed by atoms with van der Waals surface area (Å²) in [4.78, 5) is 40.4. The molecule has 1 saturated carbocycles. The van der Waals surface area contributed by atoms with Gasteiger partial charge in [-0.05, 0) is 108 Å². The first-order chi connectivity index (χ1) is 28.8. The van der Waals surface area contributed by atoms with E-state index in [1.807, 2.05) is 53.7 Å². The number of ketones is 1. The third-order valence-electron chi connectivity index (χ3n) is 16.6. The van der Waals surface area contributed by atoms with Crippen LogP contribution in [-0.2, 0) is 42.8 Å². The van der Waals surface area contributed by atoms with Crippen molar-refractivity contribution in [3.8, 4) is 0 Å². The predicted molar refractivity (Wildman–Crippen MR) is 226 cm³/mol. The van der Waals surface area contributed by atoms with Gasteiger partial charge in [0.25, 0.3) is 0 Å². The quantitative estimate of drug-likeness (QED) is 0.147. The predicted octanol–water partition coefficient (Wildman–Crippen LogP) is 3.99. The van der Waals surface area contributed by atoms with Gasteiger partial charge in [-0.15, -0.1) is 0 Å². The van der Waals surface area contributed by atoms with Crippen molar-refractivity contribution in [1.82, 2.24) is 0 Å². The average Bonchev–Trinajstić information content (AvgIpc) is 3.58. The summed E-state index contributed by atoms with van der Waals surface area (Å²) >= 11 is 0. The molecule has 0 radical (unpaired) electrons. The molecule has 13 heteroatoms. The van der Waals surface area contributed by atoms with Crippen molar-refractivity contribution in [3.05, 3.63) is 12.2 Å². The van der Waals surface area contributed by atoms with Crippen molar-refractivity contribution < 1.29 is 87.7 Å². The van der Waals surface area contributed by atoms with Crippen LogP contribution in [0, 0.1) is 47.3 Å². The first-order valence-corrected chi connectivity index (χ1v) is 24.2. The standard InChI is InChI=1S/C49H80O12.Na/c1-11-35(44(52)53)37-20-19-28(4)42(57-37)32(8)40(50)31(7)41(51)36(12-2)43-29(5)27-30(6)48(59-43)24-22-39(58-45(54)34-17-15-14-16-18-34)49(61-48)26-25-46(10,60-49)38-21-23-47(55,13-3)33(9)56-38;/h22,24,28-40,42-43,50,55H,11-21,23,25-27H2,1-10H3,(H,52,53);/q;+1/p-1/t28-,29-,30+,31-,32-,33-,35+,36-,37+,38+,39+,40+,42+,43-,46-,47+,48-,49-;/m0./s1. The van der Waals surface area contributed by atoms with Crippen LogP contribution in [0.4, 0.5) is 0 Å². The van der Waals surface area contributed by atoms with Crippen LogP contribution in [-0.4, -0.2) is 93.4 Å². The van der Waals surface area contributed by atoms with Crippen molar-refractivity contribution in [3.63, 3.8) is 0 Å². The van der Waals surface area contributed by atoms with E-state index in [-0.39, 0.29) is 77.2 Å². The van der Waals surface area contributed by atoms with Crippen molar-refractivity contribution >= 4 is 17.7 Å². The van der Waals surface area contributed by atoms with E-state index in [2.05, 4.69) is 20.8 Å². The fourth-order valence-corrected chi connectivity index (χ4v) is 12.1. The third kappa shape index (κ3) is 10.3. The monoisotopic (exact) mass is 883 g/mol. The van der Waals surface area contributed by atoms with Crippen molar-refractivity contribution in [1.29, 1.82) is 0 Å². The summed E-state index contributed by atoms with van der Waals surface area (Å²) in [6, 6.07) is 0.